The number of carbonyl (C=O) groups excluding carboxylic acids is 2. The van der Waals surface area contributed by atoms with Crippen LogP contribution in [-0.2, 0) is 9.59 Å². The summed E-state index contributed by atoms with van der Waals surface area (Å²) in [5.74, 6) is 1.34. The average molecular weight is 264 g/mol. The first-order chi connectivity index (χ1) is 8.93. The smallest absolute Gasteiger partial charge is 0.249 e. The lowest BCUT2D eigenvalue weighted by Crippen LogP contribution is -2.71. The Morgan fingerprint density at radius 1 is 1.26 bits per heavy atom. The number of piperazine rings is 1. The standard InChI is InChI=1S/C15H24N2O2/c1-9(2)12-13(18)16-15(3,11-6-7-11)14(19)17(12)8-10-4-5-10/h9-12H,4-8H2,1-3H3,(H,16,18). The van der Waals surface area contributed by atoms with Gasteiger partial charge in [0.1, 0.15) is 11.6 Å². The molecular weight excluding hydrogens is 240 g/mol. The van der Waals surface area contributed by atoms with E-state index < -0.39 is 5.54 Å². The third-order valence-corrected chi connectivity index (χ3v) is 4.87. The van der Waals surface area contributed by atoms with Crippen LogP contribution in [0.4, 0.5) is 0 Å². The summed E-state index contributed by atoms with van der Waals surface area (Å²) < 4.78 is 0. The molecule has 4 heteroatoms. The summed E-state index contributed by atoms with van der Waals surface area (Å²) in [7, 11) is 0. The molecule has 0 radical (unpaired) electrons. The maximum atomic E-state index is 12.9. The minimum atomic E-state index is -0.642. The van der Waals surface area contributed by atoms with Gasteiger partial charge in [-0.3, -0.25) is 9.59 Å². The fraction of sp³-hybridized carbons (Fsp3) is 0.867. The fourth-order valence-electron chi connectivity index (χ4n) is 3.32. The molecule has 0 aromatic carbocycles. The summed E-state index contributed by atoms with van der Waals surface area (Å²) in [4.78, 5) is 27.2. The Morgan fingerprint density at radius 2 is 1.89 bits per heavy atom. The van der Waals surface area contributed by atoms with Crippen LogP contribution in [0.15, 0.2) is 0 Å². The van der Waals surface area contributed by atoms with Gasteiger partial charge in [0.2, 0.25) is 11.8 Å². The van der Waals surface area contributed by atoms with Crippen LogP contribution in [0.2, 0.25) is 0 Å². The first-order valence-electron chi connectivity index (χ1n) is 7.56. The Hall–Kier alpha value is -1.06. The van der Waals surface area contributed by atoms with Crippen molar-refractivity contribution in [2.75, 3.05) is 6.54 Å². The largest absolute Gasteiger partial charge is 0.340 e. The highest BCUT2D eigenvalue weighted by molar-refractivity contribution is 6.00. The zero-order chi connectivity index (χ0) is 13.8. The highest BCUT2D eigenvalue weighted by Gasteiger charge is 2.56. The highest BCUT2D eigenvalue weighted by Crippen LogP contribution is 2.43. The molecule has 1 saturated heterocycles. The SMILES string of the molecule is CC(C)C1C(=O)NC(C)(C2CC2)C(=O)N1CC1CC1. The van der Waals surface area contributed by atoms with Crippen molar-refractivity contribution in [3.8, 4) is 0 Å². The van der Waals surface area contributed by atoms with Gasteiger partial charge in [-0.1, -0.05) is 13.8 Å². The second kappa shape index (κ2) is 4.22. The van der Waals surface area contributed by atoms with E-state index in [4.69, 9.17) is 0 Å². The number of amides is 2. The quantitative estimate of drug-likeness (QED) is 0.837. The van der Waals surface area contributed by atoms with Crippen molar-refractivity contribution >= 4 is 11.8 Å². The number of hydrogen-bond acceptors (Lipinski definition) is 2. The zero-order valence-electron chi connectivity index (χ0n) is 12.1. The molecule has 0 spiro atoms. The van der Waals surface area contributed by atoms with Crippen LogP contribution < -0.4 is 5.32 Å². The first kappa shape index (κ1) is 12.9. The monoisotopic (exact) mass is 264 g/mol. The van der Waals surface area contributed by atoms with E-state index in [0.717, 1.165) is 19.4 Å². The predicted octanol–water partition coefficient (Wildman–Crippen LogP) is 1.55. The van der Waals surface area contributed by atoms with Gasteiger partial charge in [-0.25, -0.2) is 0 Å². The first-order valence-corrected chi connectivity index (χ1v) is 7.56. The van der Waals surface area contributed by atoms with Crippen LogP contribution in [0.1, 0.15) is 46.5 Å². The number of nitrogens with zero attached hydrogens (tertiary/aromatic N) is 1. The lowest BCUT2D eigenvalue weighted by molar-refractivity contribution is -0.157. The Morgan fingerprint density at radius 3 is 2.37 bits per heavy atom. The van der Waals surface area contributed by atoms with Gasteiger partial charge in [0.05, 0.1) is 0 Å². The topological polar surface area (TPSA) is 49.4 Å². The fourth-order valence-corrected chi connectivity index (χ4v) is 3.32. The van der Waals surface area contributed by atoms with Crippen molar-refractivity contribution < 1.29 is 9.59 Å². The summed E-state index contributed by atoms with van der Waals surface area (Å²) in [5, 5.41) is 3.03. The molecule has 3 rings (SSSR count). The maximum Gasteiger partial charge on any atom is 0.249 e. The molecule has 3 fully saturated rings. The van der Waals surface area contributed by atoms with E-state index >= 15 is 0 Å². The van der Waals surface area contributed by atoms with Crippen molar-refractivity contribution in [3.63, 3.8) is 0 Å². The van der Waals surface area contributed by atoms with E-state index in [2.05, 4.69) is 5.32 Å². The van der Waals surface area contributed by atoms with Crippen molar-refractivity contribution in [1.29, 1.82) is 0 Å². The third kappa shape index (κ3) is 2.15. The van der Waals surface area contributed by atoms with Crippen LogP contribution in [0.5, 0.6) is 0 Å². The van der Waals surface area contributed by atoms with Crippen LogP contribution in [0.25, 0.3) is 0 Å². The number of nitrogens with one attached hydrogen (secondary N) is 1. The van der Waals surface area contributed by atoms with Crippen molar-refractivity contribution in [2.24, 2.45) is 17.8 Å². The third-order valence-electron chi connectivity index (χ3n) is 4.87. The van der Waals surface area contributed by atoms with Gasteiger partial charge in [0.15, 0.2) is 0 Å². The van der Waals surface area contributed by atoms with E-state index in [1.54, 1.807) is 0 Å². The molecule has 106 valence electrons. The van der Waals surface area contributed by atoms with E-state index in [0.29, 0.717) is 11.8 Å². The molecule has 0 aromatic rings. The normalized spacial score (nSPS) is 35.8. The molecule has 2 saturated carbocycles. The van der Waals surface area contributed by atoms with E-state index in [-0.39, 0.29) is 23.8 Å². The second-order valence-electron chi connectivity index (χ2n) is 7.06. The predicted molar refractivity (Wildman–Crippen MR) is 72.3 cm³/mol. The lowest BCUT2D eigenvalue weighted by Gasteiger charge is -2.46. The van der Waals surface area contributed by atoms with Gasteiger partial charge in [-0.15, -0.1) is 0 Å². The van der Waals surface area contributed by atoms with Crippen molar-refractivity contribution in [1.82, 2.24) is 10.2 Å². The minimum absolute atomic E-state index is 0.0460. The Kier molecular flexibility index (Phi) is 2.88. The average Bonchev–Trinajstić information content (AvgIpc) is 3.15. The van der Waals surface area contributed by atoms with Gasteiger partial charge in [-0.2, -0.15) is 0 Å². The molecule has 1 aliphatic heterocycles. The number of carbonyl (C=O) groups is 2. The van der Waals surface area contributed by atoms with E-state index in [1.807, 2.05) is 25.7 Å². The molecule has 2 amide bonds. The molecule has 1 N–H and O–H groups in total. The van der Waals surface area contributed by atoms with Crippen LogP contribution in [0, 0.1) is 17.8 Å². The van der Waals surface area contributed by atoms with Crippen LogP contribution in [0.3, 0.4) is 0 Å². The Labute approximate surface area is 114 Å². The molecule has 0 aromatic heterocycles. The van der Waals surface area contributed by atoms with Gasteiger partial charge >= 0.3 is 0 Å². The van der Waals surface area contributed by atoms with Gasteiger partial charge in [-0.05, 0) is 50.4 Å². The molecule has 2 atom stereocenters. The van der Waals surface area contributed by atoms with Crippen molar-refractivity contribution in [2.45, 2.75) is 58.0 Å². The molecule has 1 heterocycles. The Balaban J connectivity index is 1.87. The van der Waals surface area contributed by atoms with Gasteiger partial charge in [0, 0.05) is 6.54 Å². The molecule has 3 aliphatic rings. The summed E-state index contributed by atoms with van der Waals surface area (Å²) in [6, 6.07) is -0.278. The molecular formula is C15H24N2O2. The van der Waals surface area contributed by atoms with E-state index in [1.165, 1.54) is 12.8 Å². The van der Waals surface area contributed by atoms with Crippen molar-refractivity contribution in [3.05, 3.63) is 0 Å². The van der Waals surface area contributed by atoms with Gasteiger partial charge in [0.25, 0.3) is 0 Å². The highest BCUT2D eigenvalue weighted by atomic mass is 16.2. The molecule has 19 heavy (non-hydrogen) atoms. The molecule has 2 aliphatic carbocycles. The van der Waals surface area contributed by atoms with Gasteiger partial charge < -0.3 is 10.2 Å². The number of rotatable bonds is 4. The summed E-state index contributed by atoms with van der Waals surface area (Å²) in [5.41, 5.74) is -0.642. The van der Waals surface area contributed by atoms with Crippen LogP contribution in [-0.4, -0.2) is 34.8 Å². The maximum absolute atomic E-state index is 12.9. The summed E-state index contributed by atoms with van der Waals surface area (Å²) in [6.07, 6.45) is 4.53. The summed E-state index contributed by atoms with van der Waals surface area (Å²) >= 11 is 0. The summed E-state index contributed by atoms with van der Waals surface area (Å²) in [6.45, 7) is 6.74. The lowest BCUT2D eigenvalue weighted by atomic mass is 9.86. The second-order valence-corrected chi connectivity index (χ2v) is 7.06. The van der Waals surface area contributed by atoms with E-state index in [9.17, 15) is 9.59 Å². The molecule has 2 unspecified atom stereocenters. The molecule has 0 bridgehead atoms. The zero-order valence-corrected chi connectivity index (χ0v) is 12.1. The van der Waals surface area contributed by atoms with Crippen LogP contribution >= 0.6 is 0 Å². The minimum Gasteiger partial charge on any atom is -0.340 e. The number of hydrogen-bond donors (Lipinski definition) is 1. The Bertz CT molecular complexity index is 412. The molecule has 4 nitrogen and oxygen atoms in total.